The molecule has 8 heteroatoms. The minimum Gasteiger partial charge on any atom is -0.492 e. The number of nitrogens with one attached hydrogen (secondary N) is 1. The third-order valence-corrected chi connectivity index (χ3v) is 5.02. The molecule has 0 unspecified atom stereocenters. The standard InChI is InChI=1S/C17H17N3O3S2/c1-3-22-13-8-5-4-7-12(13)18-15(21)11(2)25-17-20-19-16(23-17)14-9-6-10-24-14/h4-11H,3H2,1-2H3,(H,18,21)/t11-/m1/s1. The third-order valence-electron chi connectivity index (χ3n) is 3.23. The highest BCUT2D eigenvalue weighted by atomic mass is 32.2. The number of thioether (sulfide) groups is 1. The predicted octanol–water partition coefficient (Wildman–Crippen LogP) is 4.32. The Morgan fingerprint density at radius 3 is 2.92 bits per heavy atom. The first-order valence-electron chi connectivity index (χ1n) is 7.74. The van der Waals surface area contributed by atoms with Gasteiger partial charge in [-0.25, -0.2) is 0 Å². The van der Waals surface area contributed by atoms with Gasteiger partial charge in [-0.1, -0.05) is 30.0 Å². The summed E-state index contributed by atoms with van der Waals surface area (Å²) in [6.07, 6.45) is 0. The minimum absolute atomic E-state index is 0.159. The SMILES string of the molecule is CCOc1ccccc1NC(=O)[C@@H](C)Sc1nnc(-c2cccs2)o1. The molecule has 1 N–H and O–H groups in total. The molecule has 130 valence electrons. The number of hydrogen-bond donors (Lipinski definition) is 1. The lowest BCUT2D eigenvalue weighted by Gasteiger charge is -2.13. The van der Waals surface area contributed by atoms with Crippen LogP contribution in [-0.4, -0.2) is 28.0 Å². The summed E-state index contributed by atoms with van der Waals surface area (Å²) in [5.74, 6) is 0.952. The zero-order valence-electron chi connectivity index (χ0n) is 13.8. The summed E-state index contributed by atoms with van der Waals surface area (Å²) in [4.78, 5) is 13.3. The van der Waals surface area contributed by atoms with Gasteiger partial charge in [0.25, 0.3) is 11.1 Å². The number of aromatic nitrogens is 2. The van der Waals surface area contributed by atoms with Gasteiger partial charge in [0.1, 0.15) is 5.75 Å². The van der Waals surface area contributed by atoms with Crippen LogP contribution < -0.4 is 10.1 Å². The number of carbonyl (C=O) groups is 1. The Morgan fingerprint density at radius 2 is 2.16 bits per heavy atom. The number of amides is 1. The Balaban J connectivity index is 1.63. The number of carbonyl (C=O) groups excluding carboxylic acids is 1. The van der Waals surface area contributed by atoms with Gasteiger partial charge >= 0.3 is 0 Å². The van der Waals surface area contributed by atoms with Gasteiger partial charge in [-0.15, -0.1) is 21.5 Å². The van der Waals surface area contributed by atoms with Crippen LogP contribution in [0.15, 0.2) is 51.4 Å². The summed E-state index contributed by atoms with van der Waals surface area (Å²) < 4.78 is 11.1. The lowest BCUT2D eigenvalue weighted by molar-refractivity contribution is -0.115. The first kappa shape index (κ1) is 17.5. The van der Waals surface area contributed by atoms with Gasteiger partial charge in [0.15, 0.2) is 0 Å². The lowest BCUT2D eigenvalue weighted by atomic mass is 10.3. The average Bonchev–Trinajstić information content (AvgIpc) is 3.28. The average molecular weight is 375 g/mol. The Bertz CT molecular complexity index is 833. The van der Waals surface area contributed by atoms with Crippen LogP contribution in [-0.2, 0) is 4.79 Å². The van der Waals surface area contributed by atoms with Crippen molar-refractivity contribution in [1.29, 1.82) is 0 Å². The molecule has 0 aliphatic rings. The monoisotopic (exact) mass is 375 g/mol. The van der Waals surface area contributed by atoms with Gasteiger partial charge in [0.05, 0.1) is 22.4 Å². The summed E-state index contributed by atoms with van der Waals surface area (Å²) in [6, 6.07) is 11.2. The van der Waals surface area contributed by atoms with Crippen molar-refractivity contribution in [1.82, 2.24) is 10.2 Å². The Hall–Kier alpha value is -2.32. The molecule has 25 heavy (non-hydrogen) atoms. The number of benzene rings is 1. The minimum atomic E-state index is -0.397. The third kappa shape index (κ3) is 4.40. The maximum atomic E-state index is 12.4. The van der Waals surface area contributed by atoms with E-state index in [0.717, 1.165) is 4.88 Å². The lowest BCUT2D eigenvalue weighted by Crippen LogP contribution is -2.22. The molecule has 1 aromatic carbocycles. The first-order chi connectivity index (χ1) is 12.2. The molecule has 0 spiro atoms. The number of rotatable bonds is 7. The number of hydrogen-bond acceptors (Lipinski definition) is 7. The second-order valence-electron chi connectivity index (χ2n) is 5.03. The molecular weight excluding hydrogens is 358 g/mol. The molecule has 3 aromatic rings. The summed E-state index contributed by atoms with van der Waals surface area (Å²) in [7, 11) is 0. The fourth-order valence-electron chi connectivity index (χ4n) is 2.05. The van der Waals surface area contributed by atoms with Crippen LogP contribution in [0.4, 0.5) is 5.69 Å². The van der Waals surface area contributed by atoms with Gasteiger partial charge in [0, 0.05) is 0 Å². The van der Waals surface area contributed by atoms with Crippen molar-refractivity contribution < 1.29 is 13.9 Å². The molecule has 0 radical (unpaired) electrons. The number of thiophene rings is 1. The summed E-state index contributed by atoms with van der Waals surface area (Å²) >= 11 is 2.74. The fraction of sp³-hybridized carbons (Fsp3) is 0.235. The fourth-order valence-corrected chi connectivity index (χ4v) is 3.38. The summed E-state index contributed by atoms with van der Waals surface area (Å²) in [5, 5.41) is 12.8. The van der Waals surface area contributed by atoms with Gasteiger partial charge in [-0.2, -0.15) is 0 Å². The van der Waals surface area contributed by atoms with Gasteiger partial charge in [-0.05, 0) is 37.4 Å². The number of anilines is 1. The highest BCUT2D eigenvalue weighted by Crippen LogP contribution is 2.30. The van der Waals surface area contributed by atoms with Gasteiger partial charge in [0.2, 0.25) is 5.91 Å². The van der Waals surface area contributed by atoms with Crippen molar-refractivity contribution in [2.24, 2.45) is 0 Å². The predicted molar refractivity (Wildman–Crippen MR) is 99.2 cm³/mol. The smallest absolute Gasteiger partial charge is 0.277 e. The Morgan fingerprint density at radius 1 is 1.32 bits per heavy atom. The van der Waals surface area contributed by atoms with E-state index in [0.29, 0.717) is 29.2 Å². The molecular formula is C17H17N3O3S2. The van der Waals surface area contributed by atoms with E-state index in [2.05, 4.69) is 15.5 Å². The van der Waals surface area contributed by atoms with Crippen LogP contribution in [0.5, 0.6) is 5.75 Å². The van der Waals surface area contributed by atoms with E-state index in [1.807, 2.05) is 48.7 Å². The molecule has 0 fully saturated rings. The van der Waals surface area contributed by atoms with E-state index in [4.69, 9.17) is 9.15 Å². The maximum absolute atomic E-state index is 12.4. The summed E-state index contributed by atoms with van der Waals surface area (Å²) in [6.45, 7) is 4.22. The normalized spacial score (nSPS) is 11.9. The second kappa shape index (κ2) is 8.17. The molecule has 3 rings (SSSR count). The number of nitrogens with zero attached hydrogens (tertiary/aromatic N) is 2. The quantitative estimate of drug-likeness (QED) is 0.620. The number of ether oxygens (including phenoxy) is 1. The van der Waals surface area contributed by atoms with E-state index in [1.165, 1.54) is 23.1 Å². The van der Waals surface area contributed by atoms with Crippen LogP contribution in [0, 0.1) is 0 Å². The molecule has 1 atom stereocenters. The molecule has 0 aliphatic carbocycles. The molecule has 0 saturated heterocycles. The van der Waals surface area contributed by atoms with Crippen molar-refractivity contribution in [3.63, 3.8) is 0 Å². The molecule has 0 bridgehead atoms. The molecule has 1 amide bonds. The van der Waals surface area contributed by atoms with Crippen LogP contribution in [0.25, 0.3) is 10.8 Å². The summed E-state index contributed by atoms with van der Waals surface area (Å²) in [5.41, 5.74) is 0.645. The molecule has 0 saturated carbocycles. The van der Waals surface area contributed by atoms with Crippen molar-refractivity contribution in [2.75, 3.05) is 11.9 Å². The van der Waals surface area contributed by atoms with Crippen LogP contribution in [0.3, 0.4) is 0 Å². The Labute approximate surface area is 153 Å². The van der Waals surface area contributed by atoms with Crippen molar-refractivity contribution in [2.45, 2.75) is 24.3 Å². The van der Waals surface area contributed by atoms with Gasteiger partial charge < -0.3 is 14.5 Å². The van der Waals surface area contributed by atoms with Crippen LogP contribution in [0.2, 0.25) is 0 Å². The van der Waals surface area contributed by atoms with E-state index < -0.39 is 5.25 Å². The van der Waals surface area contributed by atoms with Crippen molar-refractivity contribution in [3.05, 3.63) is 41.8 Å². The molecule has 6 nitrogen and oxygen atoms in total. The zero-order valence-corrected chi connectivity index (χ0v) is 15.4. The topological polar surface area (TPSA) is 77.2 Å². The van der Waals surface area contributed by atoms with Crippen LogP contribution >= 0.6 is 23.1 Å². The van der Waals surface area contributed by atoms with Crippen molar-refractivity contribution in [3.8, 4) is 16.5 Å². The van der Waals surface area contributed by atoms with Gasteiger partial charge in [-0.3, -0.25) is 4.79 Å². The highest BCUT2D eigenvalue weighted by molar-refractivity contribution is 8.00. The van der Waals surface area contributed by atoms with E-state index in [-0.39, 0.29) is 5.91 Å². The first-order valence-corrected chi connectivity index (χ1v) is 9.50. The molecule has 2 heterocycles. The van der Waals surface area contributed by atoms with E-state index in [9.17, 15) is 4.79 Å². The van der Waals surface area contributed by atoms with Crippen LogP contribution in [0.1, 0.15) is 13.8 Å². The number of para-hydroxylation sites is 2. The second-order valence-corrected chi connectivity index (χ2v) is 7.27. The maximum Gasteiger partial charge on any atom is 0.277 e. The Kier molecular flexibility index (Phi) is 5.72. The van der Waals surface area contributed by atoms with E-state index in [1.54, 1.807) is 6.92 Å². The van der Waals surface area contributed by atoms with E-state index >= 15 is 0 Å². The highest BCUT2D eigenvalue weighted by Gasteiger charge is 2.20. The zero-order chi connectivity index (χ0) is 17.6. The molecule has 2 aromatic heterocycles. The largest absolute Gasteiger partial charge is 0.492 e. The molecule has 0 aliphatic heterocycles. The van der Waals surface area contributed by atoms with Crippen molar-refractivity contribution >= 4 is 34.7 Å².